The minimum absolute atomic E-state index is 0.00884. The third kappa shape index (κ3) is 3.91. The summed E-state index contributed by atoms with van der Waals surface area (Å²) in [5.74, 6) is -0.729. The lowest BCUT2D eigenvalue weighted by Gasteiger charge is -2.09. The molecule has 5 rings (SSSR count). The van der Waals surface area contributed by atoms with E-state index in [9.17, 15) is 13.6 Å². The number of benzene rings is 1. The van der Waals surface area contributed by atoms with Crippen LogP contribution in [0.3, 0.4) is 0 Å². The van der Waals surface area contributed by atoms with Crippen molar-refractivity contribution in [3.63, 3.8) is 0 Å². The Morgan fingerprint density at radius 2 is 1.94 bits per heavy atom. The van der Waals surface area contributed by atoms with E-state index in [1.54, 1.807) is 18.3 Å². The van der Waals surface area contributed by atoms with Crippen molar-refractivity contribution in [3.8, 4) is 11.1 Å². The third-order valence-corrected chi connectivity index (χ3v) is 5.90. The molecule has 0 spiro atoms. The number of hydrogen-bond acceptors (Lipinski definition) is 4. The van der Waals surface area contributed by atoms with Crippen molar-refractivity contribution in [1.82, 2.24) is 9.97 Å². The standard InChI is InChI=1S/C24H17ClF2N4O/c25-18-8-22(29-11-17(18)12-1-2-12)31-23(32)7-14-4-3-13(6-19(14)26)15-5-16-20(27)9-21(28)24(16)30-10-15/h3-6,8-12,28H,1-2,7H2,(H,29,31,32). The van der Waals surface area contributed by atoms with Crippen molar-refractivity contribution in [2.24, 2.45) is 0 Å². The lowest BCUT2D eigenvalue weighted by Crippen LogP contribution is -2.16. The number of hydrogen-bond donors (Lipinski definition) is 2. The first-order valence-corrected chi connectivity index (χ1v) is 10.5. The zero-order valence-corrected chi connectivity index (χ0v) is 17.5. The average Bonchev–Trinajstić information content (AvgIpc) is 3.55. The lowest BCUT2D eigenvalue weighted by molar-refractivity contribution is -0.115. The predicted octanol–water partition coefficient (Wildman–Crippen LogP) is 5.69. The number of nitrogens with zero attached hydrogens (tertiary/aromatic N) is 2. The number of allylic oxidation sites excluding steroid dienone is 1. The monoisotopic (exact) mass is 450 g/mol. The minimum atomic E-state index is -0.558. The number of amides is 1. The largest absolute Gasteiger partial charge is 0.310 e. The highest BCUT2D eigenvalue weighted by molar-refractivity contribution is 6.31. The highest BCUT2D eigenvalue weighted by Crippen LogP contribution is 2.43. The number of fused-ring (bicyclic) bond motifs is 1. The van der Waals surface area contributed by atoms with Crippen LogP contribution < -0.4 is 5.32 Å². The Morgan fingerprint density at radius 1 is 1.12 bits per heavy atom. The quantitative estimate of drug-likeness (QED) is 0.524. The first-order chi connectivity index (χ1) is 15.4. The van der Waals surface area contributed by atoms with E-state index < -0.39 is 17.6 Å². The van der Waals surface area contributed by atoms with Gasteiger partial charge in [0.2, 0.25) is 5.91 Å². The van der Waals surface area contributed by atoms with E-state index in [4.69, 9.17) is 17.0 Å². The summed E-state index contributed by atoms with van der Waals surface area (Å²) in [6, 6.07) is 7.60. The molecule has 2 heterocycles. The smallest absolute Gasteiger partial charge is 0.230 e. The summed E-state index contributed by atoms with van der Waals surface area (Å²) in [6.07, 6.45) is 6.27. The van der Waals surface area contributed by atoms with Gasteiger partial charge in [-0.2, -0.15) is 0 Å². The van der Waals surface area contributed by atoms with Crippen LogP contribution in [-0.4, -0.2) is 21.6 Å². The van der Waals surface area contributed by atoms with Crippen molar-refractivity contribution in [2.75, 3.05) is 5.32 Å². The summed E-state index contributed by atoms with van der Waals surface area (Å²) < 4.78 is 28.7. The molecule has 1 aromatic carbocycles. The average molecular weight is 451 g/mol. The molecule has 2 aliphatic carbocycles. The van der Waals surface area contributed by atoms with Crippen molar-refractivity contribution in [2.45, 2.75) is 25.2 Å². The van der Waals surface area contributed by atoms with Gasteiger partial charge in [0.15, 0.2) is 0 Å². The van der Waals surface area contributed by atoms with Gasteiger partial charge in [-0.1, -0.05) is 23.7 Å². The van der Waals surface area contributed by atoms with Crippen LogP contribution in [0.1, 0.15) is 41.1 Å². The topological polar surface area (TPSA) is 78.7 Å². The molecule has 1 fully saturated rings. The van der Waals surface area contributed by atoms with Gasteiger partial charge in [0.05, 0.1) is 17.8 Å². The SMILES string of the molecule is N=C1C=C(F)c2cc(-c3ccc(CC(=O)Nc4cc(Cl)c(C5CC5)cn4)c(F)c3)cnc21. The molecule has 1 saturated carbocycles. The number of aromatic nitrogens is 2. The van der Waals surface area contributed by atoms with Crippen LogP contribution in [0, 0.1) is 11.2 Å². The first-order valence-electron chi connectivity index (χ1n) is 10.1. The van der Waals surface area contributed by atoms with Gasteiger partial charge in [-0.25, -0.2) is 13.8 Å². The van der Waals surface area contributed by atoms with Crippen LogP contribution in [0.5, 0.6) is 0 Å². The lowest BCUT2D eigenvalue weighted by atomic mass is 10.0. The van der Waals surface area contributed by atoms with Crippen molar-refractivity contribution < 1.29 is 13.6 Å². The van der Waals surface area contributed by atoms with Crippen LogP contribution in [0.15, 0.2) is 48.8 Å². The Labute approximate surface area is 187 Å². The fourth-order valence-corrected chi connectivity index (χ4v) is 4.03. The zero-order chi connectivity index (χ0) is 22.4. The summed E-state index contributed by atoms with van der Waals surface area (Å²) in [5.41, 5.74) is 2.71. The number of pyridine rings is 2. The molecule has 3 aromatic rings. The van der Waals surface area contributed by atoms with Crippen molar-refractivity contribution in [1.29, 1.82) is 5.41 Å². The first kappa shape index (κ1) is 20.5. The van der Waals surface area contributed by atoms with Gasteiger partial charge in [0, 0.05) is 34.6 Å². The van der Waals surface area contributed by atoms with E-state index >= 15 is 0 Å². The molecule has 0 unspecified atom stereocenters. The van der Waals surface area contributed by atoms with Gasteiger partial charge >= 0.3 is 0 Å². The van der Waals surface area contributed by atoms with Gasteiger partial charge in [-0.3, -0.25) is 15.2 Å². The van der Waals surface area contributed by atoms with Gasteiger partial charge in [-0.05, 0) is 53.6 Å². The maximum Gasteiger partial charge on any atom is 0.230 e. The molecule has 0 atom stereocenters. The fourth-order valence-electron chi connectivity index (χ4n) is 3.73. The number of anilines is 1. The molecule has 8 heteroatoms. The molecule has 0 bridgehead atoms. The van der Waals surface area contributed by atoms with Gasteiger partial charge in [0.25, 0.3) is 0 Å². The molecule has 0 aliphatic heterocycles. The third-order valence-electron chi connectivity index (χ3n) is 5.58. The van der Waals surface area contributed by atoms with Crippen LogP contribution in [0.25, 0.3) is 17.0 Å². The van der Waals surface area contributed by atoms with Gasteiger partial charge in [0.1, 0.15) is 17.5 Å². The molecule has 1 amide bonds. The van der Waals surface area contributed by atoms with Crippen molar-refractivity contribution >= 4 is 34.9 Å². The number of rotatable bonds is 5. The van der Waals surface area contributed by atoms with E-state index in [0.29, 0.717) is 27.9 Å². The normalized spacial score (nSPS) is 14.8. The Morgan fingerprint density at radius 3 is 2.66 bits per heavy atom. The van der Waals surface area contributed by atoms with Crippen LogP contribution in [0.4, 0.5) is 14.6 Å². The van der Waals surface area contributed by atoms with E-state index in [-0.39, 0.29) is 29.0 Å². The molecule has 2 aromatic heterocycles. The van der Waals surface area contributed by atoms with E-state index in [2.05, 4.69) is 15.3 Å². The number of halogens is 3. The summed E-state index contributed by atoms with van der Waals surface area (Å²) >= 11 is 6.27. The Kier molecular flexibility index (Phi) is 5.06. The molecule has 2 aliphatic rings. The highest BCUT2D eigenvalue weighted by atomic mass is 35.5. The maximum absolute atomic E-state index is 14.7. The summed E-state index contributed by atoms with van der Waals surface area (Å²) in [7, 11) is 0. The van der Waals surface area contributed by atoms with Crippen molar-refractivity contribution in [3.05, 3.63) is 82.0 Å². The van der Waals surface area contributed by atoms with E-state index in [1.807, 2.05) is 0 Å². The maximum atomic E-state index is 14.7. The van der Waals surface area contributed by atoms with Gasteiger partial charge in [-0.15, -0.1) is 0 Å². The number of nitrogens with one attached hydrogen (secondary N) is 2. The molecular formula is C24H17ClF2N4O. The van der Waals surface area contributed by atoms with Crippen LogP contribution in [-0.2, 0) is 11.2 Å². The summed E-state index contributed by atoms with van der Waals surface area (Å²) in [6.45, 7) is 0. The Hall–Kier alpha value is -3.45. The molecule has 5 nitrogen and oxygen atoms in total. The second-order valence-corrected chi connectivity index (χ2v) is 8.33. The van der Waals surface area contributed by atoms with E-state index in [1.165, 1.54) is 24.4 Å². The summed E-state index contributed by atoms with van der Waals surface area (Å²) in [4.78, 5) is 20.7. The molecule has 32 heavy (non-hydrogen) atoms. The fraction of sp³-hybridized carbons (Fsp3) is 0.167. The second-order valence-electron chi connectivity index (χ2n) is 7.92. The molecule has 160 valence electrons. The van der Waals surface area contributed by atoms with Crippen LogP contribution in [0.2, 0.25) is 5.02 Å². The summed E-state index contributed by atoms with van der Waals surface area (Å²) in [5, 5.41) is 10.9. The minimum Gasteiger partial charge on any atom is -0.310 e. The Bertz CT molecular complexity index is 1320. The van der Waals surface area contributed by atoms with Gasteiger partial charge < -0.3 is 5.32 Å². The number of carbonyl (C=O) groups excluding carboxylic acids is 1. The Balaban J connectivity index is 1.30. The van der Waals surface area contributed by atoms with E-state index in [0.717, 1.165) is 24.5 Å². The highest BCUT2D eigenvalue weighted by Gasteiger charge is 2.26. The molecule has 2 N–H and O–H groups in total. The molecule has 0 radical (unpaired) electrons. The molecule has 0 saturated heterocycles. The van der Waals surface area contributed by atoms with Crippen LogP contribution >= 0.6 is 11.6 Å². The molecular weight excluding hydrogens is 434 g/mol. The second kappa shape index (κ2) is 7.91. The number of carbonyl (C=O) groups is 1. The zero-order valence-electron chi connectivity index (χ0n) is 16.8. The predicted molar refractivity (Wildman–Crippen MR) is 119 cm³/mol.